The summed E-state index contributed by atoms with van der Waals surface area (Å²) in [4.78, 5) is 25.9. The van der Waals surface area contributed by atoms with E-state index >= 15 is 0 Å². The zero-order chi connectivity index (χ0) is 13.2. The molecule has 3 aromatic rings. The van der Waals surface area contributed by atoms with Crippen molar-refractivity contribution in [1.82, 2.24) is 19.5 Å². The second kappa shape index (κ2) is 4.89. The molecule has 0 aliphatic carbocycles. The van der Waals surface area contributed by atoms with E-state index in [1.54, 1.807) is 22.2 Å². The first-order valence-electron chi connectivity index (χ1n) is 5.96. The lowest BCUT2D eigenvalue weighted by molar-refractivity contribution is 0.525. The van der Waals surface area contributed by atoms with E-state index in [4.69, 9.17) is 0 Å². The third-order valence-electron chi connectivity index (χ3n) is 2.97. The van der Waals surface area contributed by atoms with Crippen molar-refractivity contribution in [3.05, 3.63) is 51.5 Å². The zero-order valence-electron chi connectivity index (χ0n) is 10.4. The van der Waals surface area contributed by atoms with Crippen molar-refractivity contribution in [2.24, 2.45) is 0 Å². The lowest BCUT2D eigenvalue weighted by Gasteiger charge is -2.13. The van der Waals surface area contributed by atoms with Crippen LogP contribution in [0.15, 0.2) is 41.0 Å². The third-order valence-corrected chi connectivity index (χ3v) is 3.87. The Morgan fingerprint density at radius 1 is 1.32 bits per heavy atom. The van der Waals surface area contributed by atoms with E-state index in [1.807, 2.05) is 18.4 Å². The first-order chi connectivity index (χ1) is 9.25. The molecule has 0 fully saturated rings. The second-order valence-electron chi connectivity index (χ2n) is 4.32. The van der Waals surface area contributed by atoms with Gasteiger partial charge in [-0.1, -0.05) is 6.07 Å². The van der Waals surface area contributed by atoms with Gasteiger partial charge in [0.1, 0.15) is 6.33 Å². The molecule has 0 spiro atoms. The highest BCUT2D eigenvalue weighted by molar-refractivity contribution is 7.09. The van der Waals surface area contributed by atoms with E-state index in [9.17, 15) is 4.79 Å². The highest BCUT2D eigenvalue weighted by Gasteiger charge is 2.12. The number of hydrogen-bond acceptors (Lipinski definition) is 5. The van der Waals surface area contributed by atoms with Gasteiger partial charge in [-0.05, 0) is 18.4 Å². The first-order valence-corrected chi connectivity index (χ1v) is 6.84. The van der Waals surface area contributed by atoms with Crippen molar-refractivity contribution in [3.8, 4) is 0 Å². The molecule has 0 radical (unpaired) electrons. The van der Waals surface area contributed by atoms with Gasteiger partial charge in [0.25, 0.3) is 5.56 Å². The van der Waals surface area contributed by atoms with Gasteiger partial charge in [-0.3, -0.25) is 9.36 Å². The molecule has 5 nitrogen and oxygen atoms in total. The minimum absolute atomic E-state index is 0.0463. The monoisotopic (exact) mass is 272 g/mol. The largest absolute Gasteiger partial charge is 0.294 e. The lowest BCUT2D eigenvalue weighted by atomic mass is 10.2. The van der Waals surface area contributed by atoms with Crippen molar-refractivity contribution in [1.29, 1.82) is 0 Å². The first kappa shape index (κ1) is 12.0. The molecule has 0 bridgehead atoms. The maximum Gasteiger partial charge on any atom is 0.281 e. The van der Waals surface area contributed by atoms with Gasteiger partial charge in [-0.15, -0.1) is 11.3 Å². The number of nitrogens with zero attached hydrogens (tertiary/aromatic N) is 4. The van der Waals surface area contributed by atoms with Crippen molar-refractivity contribution in [3.63, 3.8) is 0 Å². The molecule has 0 aromatic carbocycles. The predicted molar refractivity (Wildman–Crippen MR) is 74.3 cm³/mol. The standard InChI is InChI=1S/C13H12N4OS/c1-9(7-10-3-2-6-19-10)17-8-16-12-11(13(17)18)14-4-5-15-12/h2-6,8-9H,7H2,1H3/t9-/m0/s1. The molecular weight excluding hydrogens is 260 g/mol. The van der Waals surface area contributed by atoms with Crippen LogP contribution in [-0.4, -0.2) is 19.5 Å². The SMILES string of the molecule is C[C@@H](Cc1cccs1)n1cnc2nccnc2c1=O. The lowest BCUT2D eigenvalue weighted by Crippen LogP contribution is -2.25. The maximum atomic E-state index is 12.3. The molecule has 0 aliphatic rings. The Balaban J connectivity index is 2.01. The molecule has 3 rings (SSSR count). The Bertz CT molecular complexity index is 751. The van der Waals surface area contributed by atoms with Crippen LogP contribution >= 0.6 is 11.3 Å². The van der Waals surface area contributed by atoms with Crippen LogP contribution in [0.1, 0.15) is 17.8 Å². The molecule has 19 heavy (non-hydrogen) atoms. The van der Waals surface area contributed by atoms with Crippen LogP contribution in [0, 0.1) is 0 Å². The van der Waals surface area contributed by atoms with Gasteiger partial charge in [0.15, 0.2) is 11.2 Å². The average molecular weight is 272 g/mol. The van der Waals surface area contributed by atoms with Crippen LogP contribution in [0.3, 0.4) is 0 Å². The minimum atomic E-state index is -0.137. The molecule has 6 heteroatoms. The third kappa shape index (κ3) is 2.26. The summed E-state index contributed by atoms with van der Waals surface area (Å²) in [6, 6.07) is 4.13. The Morgan fingerprint density at radius 2 is 2.16 bits per heavy atom. The number of hydrogen-bond donors (Lipinski definition) is 0. The summed E-state index contributed by atoms with van der Waals surface area (Å²) >= 11 is 1.69. The van der Waals surface area contributed by atoms with Gasteiger partial charge >= 0.3 is 0 Å². The van der Waals surface area contributed by atoms with Crippen molar-refractivity contribution < 1.29 is 0 Å². The van der Waals surface area contributed by atoms with Crippen LogP contribution < -0.4 is 5.56 Å². The van der Waals surface area contributed by atoms with Crippen molar-refractivity contribution in [2.75, 3.05) is 0 Å². The minimum Gasteiger partial charge on any atom is -0.294 e. The van der Waals surface area contributed by atoms with Crippen LogP contribution in [0.25, 0.3) is 11.2 Å². The molecule has 0 N–H and O–H groups in total. The summed E-state index contributed by atoms with van der Waals surface area (Å²) in [7, 11) is 0. The Labute approximate surface area is 113 Å². The topological polar surface area (TPSA) is 60.7 Å². The molecule has 3 heterocycles. The average Bonchev–Trinajstić information content (AvgIpc) is 2.92. The molecule has 0 saturated carbocycles. The smallest absolute Gasteiger partial charge is 0.281 e. The van der Waals surface area contributed by atoms with Gasteiger partial charge < -0.3 is 0 Å². The fourth-order valence-corrected chi connectivity index (χ4v) is 2.83. The van der Waals surface area contributed by atoms with E-state index in [0.29, 0.717) is 11.2 Å². The van der Waals surface area contributed by atoms with E-state index in [0.717, 1.165) is 6.42 Å². The van der Waals surface area contributed by atoms with Crippen molar-refractivity contribution >= 4 is 22.5 Å². The highest BCUT2D eigenvalue weighted by Crippen LogP contribution is 2.16. The van der Waals surface area contributed by atoms with Gasteiger partial charge in [-0.2, -0.15) is 0 Å². The van der Waals surface area contributed by atoms with Crippen LogP contribution in [-0.2, 0) is 6.42 Å². The summed E-state index contributed by atoms with van der Waals surface area (Å²) in [6.07, 6.45) is 5.41. The summed E-state index contributed by atoms with van der Waals surface area (Å²) < 4.78 is 1.62. The summed E-state index contributed by atoms with van der Waals surface area (Å²) in [5, 5.41) is 2.04. The number of rotatable bonds is 3. The van der Waals surface area contributed by atoms with Gasteiger partial charge in [0, 0.05) is 29.7 Å². The van der Waals surface area contributed by atoms with E-state index in [-0.39, 0.29) is 11.6 Å². The van der Waals surface area contributed by atoms with E-state index < -0.39 is 0 Å². The van der Waals surface area contributed by atoms with E-state index in [1.165, 1.54) is 17.3 Å². The number of thiophene rings is 1. The quantitative estimate of drug-likeness (QED) is 0.732. The Hall–Kier alpha value is -2.08. The molecule has 3 aromatic heterocycles. The second-order valence-corrected chi connectivity index (χ2v) is 5.35. The fourth-order valence-electron chi connectivity index (χ4n) is 2.00. The van der Waals surface area contributed by atoms with Crippen LogP contribution in [0.5, 0.6) is 0 Å². The molecule has 96 valence electrons. The van der Waals surface area contributed by atoms with Gasteiger partial charge in [0.2, 0.25) is 0 Å². The zero-order valence-corrected chi connectivity index (χ0v) is 11.2. The van der Waals surface area contributed by atoms with Crippen LogP contribution in [0.2, 0.25) is 0 Å². The van der Waals surface area contributed by atoms with E-state index in [2.05, 4.69) is 21.0 Å². The summed E-state index contributed by atoms with van der Waals surface area (Å²) in [5.74, 6) is 0. The molecule has 0 saturated heterocycles. The molecule has 0 unspecified atom stereocenters. The normalized spacial score (nSPS) is 12.7. The maximum absolute atomic E-state index is 12.3. The number of fused-ring (bicyclic) bond motifs is 1. The predicted octanol–water partition coefficient (Wildman–Crippen LogP) is 2.05. The molecule has 1 atom stereocenters. The highest BCUT2D eigenvalue weighted by atomic mass is 32.1. The summed E-state index contributed by atoms with van der Waals surface area (Å²) in [6.45, 7) is 2.00. The molecule has 0 aliphatic heterocycles. The molecule has 0 amide bonds. The fraction of sp³-hybridized carbons (Fsp3) is 0.231. The summed E-state index contributed by atoms with van der Waals surface area (Å²) in [5.41, 5.74) is 0.581. The van der Waals surface area contributed by atoms with Gasteiger partial charge in [-0.25, -0.2) is 15.0 Å². The van der Waals surface area contributed by atoms with Gasteiger partial charge in [0.05, 0.1) is 0 Å². The van der Waals surface area contributed by atoms with Crippen molar-refractivity contribution in [2.45, 2.75) is 19.4 Å². The van der Waals surface area contributed by atoms with Crippen LogP contribution in [0.4, 0.5) is 0 Å². The number of aromatic nitrogens is 4. The Kier molecular flexibility index (Phi) is 3.08. The molecular formula is C13H12N4OS. The Morgan fingerprint density at radius 3 is 2.95 bits per heavy atom.